The van der Waals surface area contributed by atoms with Gasteiger partial charge in [0.05, 0.1) is 23.1 Å². The van der Waals surface area contributed by atoms with E-state index in [1.807, 2.05) is 6.07 Å². The molecule has 0 aliphatic heterocycles. The molecule has 0 aliphatic carbocycles. The Kier molecular flexibility index (Phi) is 5.99. The number of halogens is 5. The second kappa shape index (κ2) is 8.67. The number of hydrogen-bond donors (Lipinski definition) is 1. The summed E-state index contributed by atoms with van der Waals surface area (Å²) < 4.78 is 93.7. The minimum absolute atomic E-state index is 0.000679. The van der Waals surface area contributed by atoms with Crippen LogP contribution in [0, 0.1) is 23.0 Å². The number of alkyl halides is 3. The molecule has 14 heteroatoms. The molecule has 0 bridgehead atoms. The maximum Gasteiger partial charge on any atom is 0.404 e. The molecule has 0 unspecified atom stereocenters. The Morgan fingerprint density at radius 2 is 1.80 bits per heavy atom. The number of nitrogens with one attached hydrogen (secondary N) is 1. The molecule has 0 aromatic carbocycles. The highest BCUT2D eigenvalue weighted by atomic mass is 32.2. The van der Waals surface area contributed by atoms with Gasteiger partial charge >= 0.3 is 6.18 Å². The Labute approximate surface area is 194 Å². The molecule has 8 nitrogen and oxygen atoms in total. The first-order valence-electron chi connectivity index (χ1n) is 9.70. The summed E-state index contributed by atoms with van der Waals surface area (Å²) >= 11 is 0. The van der Waals surface area contributed by atoms with Gasteiger partial charge < -0.3 is 0 Å². The summed E-state index contributed by atoms with van der Waals surface area (Å²) in [6.07, 6.45) is -1.95. The van der Waals surface area contributed by atoms with E-state index in [1.165, 1.54) is 9.29 Å². The van der Waals surface area contributed by atoms with Gasteiger partial charge in [0.2, 0.25) is 10.0 Å². The summed E-state index contributed by atoms with van der Waals surface area (Å²) in [6, 6.07) is 4.87. The molecule has 0 saturated carbocycles. The van der Waals surface area contributed by atoms with Crippen LogP contribution < -0.4 is 4.72 Å². The molecule has 0 aliphatic rings. The molecule has 4 heterocycles. The summed E-state index contributed by atoms with van der Waals surface area (Å²) in [5.74, 6) is -1.43. The van der Waals surface area contributed by atoms with E-state index in [1.54, 1.807) is 0 Å². The molecule has 1 N–H and O–H groups in total. The minimum atomic E-state index is -4.80. The minimum Gasteiger partial charge on any atom is -0.275 e. The van der Waals surface area contributed by atoms with Gasteiger partial charge in [0, 0.05) is 23.8 Å². The average molecular weight is 508 g/mol. The highest BCUT2D eigenvalue weighted by Gasteiger charge is 2.39. The fraction of sp³-hybridized carbons (Fsp3) is 0.143. The van der Waals surface area contributed by atoms with Gasteiger partial charge in [-0.2, -0.15) is 23.2 Å². The van der Waals surface area contributed by atoms with Gasteiger partial charge in [-0.1, -0.05) is 0 Å². The predicted molar refractivity (Wildman–Crippen MR) is 113 cm³/mol. The zero-order valence-electron chi connectivity index (χ0n) is 17.5. The van der Waals surface area contributed by atoms with Crippen molar-refractivity contribution in [3.8, 4) is 23.3 Å². The molecule has 0 fully saturated rings. The first kappa shape index (κ1) is 24.2. The van der Waals surface area contributed by atoms with Crippen LogP contribution in [0.5, 0.6) is 0 Å². The van der Waals surface area contributed by atoms with E-state index in [4.69, 9.17) is 0 Å². The van der Waals surface area contributed by atoms with Crippen LogP contribution in [0.2, 0.25) is 0 Å². The Balaban J connectivity index is 1.89. The summed E-state index contributed by atoms with van der Waals surface area (Å²) in [6.45, 7) is 0.648. The van der Waals surface area contributed by atoms with Crippen molar-refractivity contribution in [2.24, 2.45) is 0 Å². The number of rotatable bonds is 5. The second-order valence-corrected chi connectivity index (χ2v) is 9.01. The molecule has 180 valence electrons. The molecule has 35 heavy (non-hydrogen) atoms. The summed E-state index contributed by atoms with van der Waals surface area (Å²) in [5.41, 5.74) is -0.0756. The van der Waals surface area contributed by atoms with Gasteiger partial charge in [-0.15, -0.1) is 0 Å². The van der Waals surface area contributed by atoms with Crippen molar-refractivity contribution >= 4 is 21.1 Å². The maximum atomic E-state index is 13.9. The van der Waals surface area contributed by atoms with E-state index in [-0.39, 0.29) is 33.8 Å². The van der Waals surface area contributed by atoms with E-state index in [0.717, 1.165) is 48.9 Å². The summed E-state index contributed by atoms with van der Waals surface area (Å²) in [7, 11) is -4.58. The van der Waals surface area contributed by atoms with E-state index in [0.29, 0.717) is 6.92 Å². The van der Waals surface area contributed by atoms with E-state index in [2.05, 4.69) is 15.0 Å². The Morgan fingerprint density at radius 3 is 2.40 bits per heavy atom. The first-order chi connectivity index (χ1) is 16.4. The highest BCUT2D eigenvalue weighted by molar-refractivity contribution is 7.89. The van der Waals surface area contributed by atoms with Gasteiger partial charge in [0.15, 0.2) is 0 Å². The molecule has 0 radical (unpaired) electrons. The molecular formula is C21H13F5N6O2S. The van der Waals surface area contributed by atoms with Crippen molar-refractivity contribution in [1.29, 1.82) is 5.26 Å². The van der Waals surface area contributed by atoms with E-state index >= 15 is 0 Å². The smallest absolute Gasteiger partial charge is 0.275 e. The van der Waals surface area contributed by atoms with Crippen molar-refractivity contribution in [3.63, 3.8) is 0 Å². The fourth-order valence-corrected chi connectivity index (χ4v) is 4.45. The highest BCUT2D eigenvalue weighted by Crippen LogP contribution is 2.34. The third-order valence-electron chi connectivity index (χ3n) is 4.94. The van der Waals surface area contributed by atoms with Gasteiger partial charge in [0.1, 0.15) is 40.1 Å². The monoisotopic (exact) mass is 508 g/mol. The molecule has 4 aromatic rings. The second-order valence-electron chi connectivity index (χ2n) is 7.29. The molecule has 4 aromatic heterocycles. The van der Waals surface area contributed by atoms with Crippen molar-refractivity contribution in [1.82, 2.24) is 24.2 Å². The molecule has 0 saturated heterocycles. The van der Waals surface area contributed by atoms with Crippen LogP contribution in [0.4, 0.5) is 22.0 Å². The van der Waals surface area contributed by atoms with Crippen LogP contribution in [0.3, 0.4) is 0 Å². The Bertz CT molecular complexity index is 1580. The van der Waals surface area contributed by atoms with Gasteiger partial charge in [0.25, 0.3) is 0 Å². The molecule has 1 atom stereocenters. The number of nitriles is 1. The normalized spacial score (nSPS) is 13.1. The third kappa shape index (κ3) is 4.55. The average Bonchev–Trinajstić information content (AvgIpc) is 3.11. The first-order valence-corrected chi connectivity index (χ1v) is 11.2. The van der Waals surface area contributed by atoms with E-state index < -0.39 is 38.8 Å². The topological polar surface area (TPSA) is 114 Å². The van der Waals surface area contributed by atoms with Gasteiger partial charge in [-0.25, -0.2) is 27.2 Å². The number of fused-ring (bicyclic) bond motifs is 1. The third-order valence-corrected chi connectivity index (χ3v) is 6.46. The zero-order chi connectivity index (χ0) is 25.5. The number of pyridine rings is 3. The summed E-state index contributed by atoms with van der Waals surface area (Å²) in [4.78, 5) is 11.5. The Morgan fingerprint density at radius 1 is 1.06 bits per heavy atom. The SMILES string of the molecule is C[C@H](NS(=O)(=O)c1ccc(-c2c(C#N)c3cc(F)cnc3n2-c2cc(F)ccn2)nc1)C(F)(F)F. The molecule has 0 amide bonds. The van der Waals surface area contributed by atoms with Crippen molar-refractivity contribution in [2.75, 3.05) is 0 Å². The number of aromatic nitrogens is 4. The van der Waals surface area contributed by atoms with Gasteiger partial charge in [-0.3, -0.25) is 9.55 Å². The van der Waals surface area contributed by atoms with Crippen molar-refractivity contribution in [2.45, 2.75) is 24.0 Å². The molecule has 4 rings (SSSR count). The van der Waals surface area contributed by atoms with Crippen molar-refractivity contribution in [3.05, 3.63) is 66.1 Å². The molecular weight excluding hydrogens is 495 g/mol. The largest absolute Gasteiger partial charge is 0.404 e. The lowest BCUT2D eigenvalue weighted by Crippen LogP contribution is -2.42. The number of sulfonamides is 1. The maximum absolute atomic E-state index is 13.9. The summed E-state index contributed by atoms with van der Waals surface area (Å²) in [5, 5.41) is 9.86. The molecule has 0 spiro atoms. The zero-order valence-corrected chi connectivity index (χ0v) is 18.4. The van der Waals surface area contributed by atoms with Crippen LogP contribution in [-0.4, -0.2) is 40.2 Å². The van der Waals surface area contributed by atoms with Crippen molar-refractivity contribution < 1.29 is 30.4 Å². The quantitative estimate of drug-likeness (QED) is 0.410. The van der Waals surface area contributed by atoms with E-state index in [9.17, 15) is 35.6 Å². The standard InChI is InChI=1S/C21H13F5N6O2S/c1-11(21(24,25)26)31-35(33,34)14-2-3-17(29-10-14)19-16(8-27)15-6-13(23)9-30-20(15)32(19)18-7-12(22)4-5-28-18/h2-7,9-11,31H,1H3/t11-/m0/s1. The van der Waals surface area contributed by atoms with Crippen LogP contribution >= 0.6 is 0 Å². The van der Waals surface area contributed by atoms with Gasteiger partial charge in [-0.05, 0) is 31.2 Å². The lowest BCUT2D eigenvalue weighted by molar-refractivity contribution is -0.147. The predicted octanol–water partition coefficient (Wildman–Crippen LogP) is 3.86. The number of hydrogen-bond acceptors (Lipinski definition) is 6. The number of nitrogens with zero attached hydrogens (tertiary/aromatic N) is 5. The van der Waals surface area contributed by atoms with Crippen LogP contribution in [0.15, 0.2) is 53.8 Å². The van der Waals surface area contributed by atoms with Crippen LogP contribution in [0.25, 0.3) is 28.2 Å². The Hall–Kier alpha value is -3.96. The fourth-order valence-electron chi connectivity index (χ4n) is 3.28. The lowest BCUT2D eigenvalue weighted by atomic mass is 10.1. The lowest BCUT2D eigenvalue weighted by Gasteiger charge is -2.17. The van der Waals surface area contributed by atoms with Crippen LogP contribution in [0.1, 0.15) is 12.5 Å². The van der Waals surface area contributed by atoms with Crippen LogP contribution in [-0.2, 0) is 10.0 Å².